The fraction of sp³-hybridized carbons (Fsp3) is 0.310. The first kappa shape index (κ1) is 26.3. The smallest absolute Gasteiger partial charge is 0.337 e. The fourth-order valence-electron chi connectivity index (χ4n) is 4.29. The van der Waals surface area contributed by atoms with Crippen LogP contribution in [0.3, 0.4) is 0 Å². The molecule has 0 radical (unpaired) electrons. The molecule has 194 valence electrons. The van der Waals surface area contributed by atoms with Gasteiger partial charge in [-0.3, -0.25) is 9.69 Å². The molecule has 0 aromatic heterocycles. The van der Waals surface area contributed by atoms with E-state index >= 15 is 0 Å². The molecule has 0 unspecified atom stereocenters. The number of nitrogens with zero attached hydrogens (tertiary/aromatic N) is 2. The number of piperazine rings is 1. The van der Waals surface area contributed by atoms with Crippen LogP contribution in [0.4, 0.5) is 4.39 Å². The maximum Gasteiger partial charge on any atom is 0.337 e. The summed E-state index contributed by atoms with van der Waals surface area (Å²) in [5.74, 6) is -0.0676. The summed E-state index contributed by atoms with van der Waals surface area (Å²) in [6.07, 6.45) is -0.227. The van der Waals surface area contributed by atoms with E-state index in [-0.39, 0.29) is 23.8 Å². The van der Waals surface area contributed by atoms with Gasteiger partial charge in [-0.1, -0.05) is 24.3 Å². The number of halogens is 1. The molecule has 1 amide bonds. The lowest BCUT2D eigenvalue weighted by Gasteiger charge is -2.36. The lowest BCUT2D eigenvalue weighted by Crippen LogP contribution is -2.49. The molecule has 1 heterocycles. The van der Waals surface area contributed by atoms with Crippen molar-refractivity contribution in [1.82, 2.24) is 9.80 Å². The molecule has 0 bridgehead atoms. The van der Waals surface area contributed by atoms with E-state index in [9.17, 15) is 14.0 Å². The first-order valence-electron chi connectivity index (χ1n) is 12.2. The topological polar surface area (TPSA) is 68.3 Å². The molecule has 0 saturated carbocycles. The average Bonchev–Trinajstić information content (AvgIpc) is 2.95. The van der Waals surface area contributed by atoms with Gasteiger partial charge in [-0.05, 0) is 59.7 Å². The van der Waals surface area contributed by atoms with Crippen LogP contribution in [0.2, 0.25) is 0 Å². The Kier molecular flexibility index (Phi) is 8.87. The maximum atomic E-state index is 13.2. The monoisotopic (exact) mass is 506 g/mol. The van der Waals surface area contributed by atoms with Crippen molar-refractivity contribution in [1.29, 1.82) is 0 Å². The number of hydrogen-bond acceptors (Lipinski definition) is 6. The molecule has 0 N–H and O–H groups in total. The van der Waals surface area contributed by atoms with Crippen LogP contribution in [0.1, 0.15) is 37.9 Å². The van der Waals surface area contributed by atoms with Crippen LogP contribution in [0, 0.1) is 5.82 Å². The molecule has 1 aliphatic heterocycles. The van der Waals surface area contributed by atoms with Crippen LogP contribution >= 0.6 is 0 Å². The highest BCUT2D eigenvalue weighted by atomic mass is 19.1. The minimum Gasteiger partial charge on any atom is -0.497 e. The molecule has 8 heteroatoms. The highest BCUT2D eigenvalue weighted by molar-refractivity contribution is 5.94. The van der Waals surface area contributed by atoms with Crippen molar-refractivity contribution < 1.29 is 28.2 Å². The third-order valence-corrected chi connectivity index (χ3v) is 6.47. The Morgan fingerprint density at radius 1 is 0.892 bits per heavy atom. The fourth-order valence-corrected chi connectivity index (χ4v) is 4.29. The van der Waals surface area contributed by atoms with Crippen molar-refractivity contribution in [3.8, 4) is 5.75 Å². The van der Waals surface area contributed by atoms with E-state index in [0.717, 1.165) is 16.9 Å². The number of ether oxygens (including phenoxy) is 3. The van der Waals surface area contributed by atoms with Crippen molar-refractivity contribution in [2.75, 3.05) is 46.9 Å². The van der Waals surface area contributed by atoms with Gasteiger partial charge in [0, 0.05) is 38.3 Å². The number of methoxy groups -OCH3 is 2. The molecule has 1 fully saturated rings. The molecular formula is C29H31FN2O5. The van der Waals surface area contributed by atoms with Crippen molar-refractivity contribution in [3.63, 3.8) is 0 Å². The first-order chi connectivity index (χ1) is 18.0. The van der Waals surface area contributed by atoms with Crippen molar-refractivity contribution in [2.45, 2.75) is 12.7 Å². The predicted octanol–water partition coefficient (Wildman–Crippen LogP) is 4.34. The van der Waals surface area contributed by atoms with Gasteiger partial charge in [-0.2, -0.15) is 0 Å². The zero-order chi connectivity index (χ0) is 26.2. The minimum absolute atomic E-state index is 0.0874. The normalized spacial score (nSPS) is 14.7. The summed E-state index contributed by atoms with van der Waals surface area (Å²) in [5, 5.41) is 0. The highest BCUT2D eigenvalue weighted by Crippen LogP contribution is 2.25. The standard InChI is InChI=1S/C29H31FN2O5/c1-35-26-5-3-4-24(18-26)27(37-20-21-6-8-23(9-7-21)29(34)36-2)19-31-14-16-32(17-15-31)28(33)22-10-12-25(30)13-11-22/h3-13,18,27H,14-17,19-20H2,1-2H3/t27-/m1/s1. The van der Waals surface area contributed by atoms with E-state index in [0.29, 0.717) is 50.5 Å². The molecule has 37 heavy (non-hydrogen) atoms. The lowest BCUT2D eigenvalue weighted by atomic mass is 10.1. The minimum atomic E-state index is -0.376. The van der Waals surface area contributed by atoms with Gasteiger partial charge in [-0.25, -0.2) is 9.18 Å². The highest BCUT2D eigenvalue weighted by Gasteiger charge is 2.25. The Labute approximate surface area is 216 Å². The van der Waals surface area contributed by atoms with Gasteiger partial charge in [0.15, 0.2) is 0 Å². The quantitative estimate of drug-likeness (QED) is 0.403. The summed E-state index contributed by atoms with van der Waals surface area (Å²) < 4.78 is 29.8. The van der Waals surface area contributed by atoms with Crippen LogP contribution in [0.15, 0.2) is 72.8 Å². The summed E-state index contributed by atoms with van der Waals surface area (Å²) in [6.45, 7) is 3.57. The van der Waals surface area contributed by atoms with E-state index in [2.05, 4.69) is 4.90 Å². The third-order valence-electron chi connectivity index (χ3n) is 6.47. The van der Waals surface area contributed by atoms with Gasteiger partial charge in [0.25, 0.3) is 5.91 Å². The summed E-state index contributed by atoms with van der Waals surface area (Å²) in [7, 11) is 2.99. The van der Waals surface area contributed by atoms with Crippen molar-refractivity contribution >= 4 is 11.9 Å². The van der Waals surface area contributed by atoms with Gasteiger partial charge in [-0.15, -0.1) is 0 Å². The average molecular weight is 507 g/mol. The number of hydrogen-bond donors (Lipinski definition) is 0. The van der Waals surface area contributed by atoms with Crippen molar-refractivity contribution in [3.05, 3.63) is 101 Å². The summed E-state index contributed by atoms with van der Waals surface area (Å²) in [4.78, 5) is 28.6. The van der Waals surface area contributed by atoms with Crippen LogP contribution in [0.5, 0.6) is 5.75 Å². The van der Waals surface area contributed by atoms with E-state index < -0.39 is 0 Å². The second-order valence-electron chi connectivity index (χ2n) is 8.86. The molecular weight excluding hydrogens is 475 g/mol. The Morgan fingerprint density at radius 2 is 1.57 bits per heavy atom. The molecule has 3 aromatic carbocycles. The van der Waals surface area contributed by atoms with Crippen molar-refractivity contribution in [2.24, 2.45) is 0 Å². The van der Waals surface area contributed by atoms with Gasteiger partial charge < -0.3 is 19.1 Å². The van der Waals surface area contributed by atoms with E-state index in [1.54, 1.807) is 24.1 Å². The molecule has 1 aliphatic rings. The van der Waals surface area contributed by atoms with Crippen LogP contribution in [-0.2, 0) is 16.1 Å². The summed E-state index contributed by atoms with van der Waals surface area (Å²) in [5.41, 5.74) is 2.92. The molecule has 1 saturated heterocycles. The zero-order valence-corrected chi connectivity index (χ0v) is 21.1. The van der Waals surface area contributed by atoms with Crippen LogP contribution in [-0.4, -0.2) is 68.6 Å². The van der Waals surface area contributed by atoms with E-state index in [1.807, 2.05) is 36.4 Å². The molecule has 1 atom stereocenters. The van der Waals surface area contributed by atoms with Gasteiger partial charge in [0.05, 0.1) is 32.5 Å². The van der Waals surface area contributed by atoms with Gasteiger partial charge >= 0.3 is 5.97 Å². The largest absolute Gasteiger partial charge is 0.497 e. The SMILES string of the molecule is COC(=O)c1ccc(CO[C@H](CN2CCN(C(=O)c3ccc(F)cc3)CC2)c2cccc(OC)c2)cc1. The predicted molar refractivity (Wildman–Crippen MR) is 137 cm³/mol. The zero-order valence-electron chi connectivity index (χ0n) is 21.1. The molecule has 0 spiro atoms. The van der Waals surface area contributed by atoms with Crippen LogP contribution in [0.25, 0.3) is 0 Å². The Bertz CT molecular complexity index is 1190. The third kappa shape index (κ3) is 6.93. The first-order valence-corrected chi connectivity index (χ1v) is 12.2. The Balaban J connectivity index is 1.40. The van der Waals surface area contributed by atoms with Gasteiger partial charge in [0.2, 0.25) is 0 Å². The number of benzene rings is 3. The Hall–Kier alpha value is -3.75. The Morgan fingerprint density at radius 3 is 2.22 bits per heavy atom. The molecule has 0 aliphatic carbocycles. The summed E-state index contributed by atoms with van der Waals surface area (Å²) >= 11 is 0. The summed E-state index contributed by atoms with van der Waals surface area (Å²) in [6, 6.07) is 20.6. The number of carbonyl (C=O) groups excluding carboxylic acids is 2. The molecule has 7 nitrogen and oxygen atoms in total. The second kappa shape index (κ2) is 12.5. The number of carbonyl (C=O) groups is 2. The van der Waals surface area contributed by atoms with E-state index in [1.165, 1.54) is 31.4 Å². The molecule has 4 rings (SSSR count). The van der Waals surface area contributed by atoms with Crippen LogP contribution < -0.4 is 4.74 Å². The second-order valence-corrected chi connectivity index (χ2v) is 8.86. The maximum absolute atomic E-state index is 13.2. The number of amides is 1. The van der Waals surface area contributed by atoms with Gasteiger partial charge in [0.1, 0.15) is 11.6 Å². The number of esters is 1. The number of rotatable bonds is 9. The lowest BCUT2D eigenvalue weighted by molar-refractivity contribution is 0.00331. The van der Waals surface area contributed by atoms with E-state index in [4.69, 9.17) is 14.2 Å². The molecule has 3 aromatic rings.